The van der Waals surface area contributed by atoms with Gasteiger partial charge in [0.1, 0.15) is 22.1 Å². The number of unbranched alkanes of at least 4 members (excludes halogenated alkanes) is 3. The third kappa shape index (κ3) is 4.97. The lowest BCUT2D eigenvalue weighted by atomic mass is 10.1. The van der Waals surface area contributed by atoms with E-state index in [-0.39, 0.29) is 10.6 Å². The second kappa shape index (κ2) is 8.17. The fourth-order valence-electron chi connectivity index (χ4n) is 2.53. The van der Waals surface area contributed by atoms with E-state index in [1.807, 2.05) is 0 Å². The smallest absolute Gasteiger partial charge is 0.294 e. The lowest BCUT2D eigenvalue weighted by Gasteiger charge is -2.14. The maximum Gasteiger partial charge on any atom is 0.294 e. The molecule has 0 bridgehead atoms. The van der Waals surface area contributed by atoms with Gasteiger partial charge in [0.25, 0.3) is 10.1 Å². The summed E-state index contributed by atoms with van der Waals surface area (Å²) in [5.41, 5.74) is 0.458. The highest BCUT2D eigenvalue weighted by Crippen LogP contribution is 2.32. The van der Waals surface area contributed by atoms with Crippen molar-refractivity contribution in [1.82, 2.24) is 0 Å². The van der Waals surface area contributed by atoms with Gasteiger partial charge in [-0.3, -0.25) is 4.55 Å². The molecule has 0 aliphatic rings. The van der Waals surface area contributed by atoms with E-state index in [0.29, 0.717) is 23.5 Å². The number of ether oxygens (including phenoxy) is 1. The number of rotatable bonds is 8. The molecule has 2 aromatic rings. The molecular weight excluding hydrogens is 328 g/mol. The second-order valence-electron chi connectivity index (χ2n) is 5.62. The summed E-state index contributed by atoms with van der Waals surface area (Å²) in [6.07, 6.45) is 4.41. The molecule has 0 aliphatic carbocycles. The molecule has 24 heavy (non-hydrogen) atoms. The average Bonchev–Trinajstić information content (AvgIpc) is 2.51. The van der Waals surface area contributed by atoms with E-state index in [0.717, 1.165) is 25.7 Å². The molecule has 5 nitrogen and oxygen atoms in total. The summed E-state index contributed by atoms with van der Waals surface area (Å²) < 4.78 is 38.6. The van der Waals surface area contributed by atoms with E-state index >= 15 is 0 Å². The minimum absolute atomic E-state index is 0.0583. The van der Waals surface area contributed by atoms with Gasteiger partial charge in [0.05, 0.1) is 0 Å². The van der Waals surface area contributed by atoms with Crippen LogP contribution in [0, 0.1) is 0 Å². The van der Waals surface area contributed by atoms with E-state index in [1.54, 1.807) is 18.2 Å². The van der Waals surface area contributed by atoms with Gasteiger partial charge in [-0.2, -0.15) is 8.42 Å². The van der Waals surface area contributed by atoms with Gasteiger partial charge in [0.15, 0.2) is 0 Å². The average molecular weight is 350 g/mol. The van der Waals surface area contributed by atoms with Gasteiger partial charge < -0.3 is 9.84 Å². The molecule has 0 unspecified atom stereocenters. The fourth-order valence-corrected chi connectivity index (χ4v) is 3.30. The van der Waals surface area contributed by atoms with Crippen molar-refractivity contribution in [3.05, 3.63) is 48.0 Å². The van der Waals surface area contributed by atoms with Gasteiger partial charge in [-0.05, 0) is 37.1 Å². The van der Waals surface area contributed by atoms with Gasteiger partial charge in [-0.25, -0.2) is 0 Å². The lowest BCUT2D eigenvalue weighted by Crippen LogP contribution is -2.05. The first-order valence-electron chi connectivity index (χ1n) is 7.98. The molecule has 0 saturated heterocycles. The molecule has 0 fully saturated rings. The molecule has 130 valence electrons. The maximum atomic E-state index is 11.7. The van der Waals surface area contributed by atoms with Crippen LogP contribution in [0.3, 0.4) is 0 Å². The molecule has 0 radical (unpaired) electrons. The van der Waals surface area contributed by atoms with Crippen LogP contribution in [-0.2, 0) is 16.5 Å². The third-order valence-corrected chi connectivity index (χ3v) is 4.63. The van der Waals surface area contributed by atoms with Gasteiger partial charge in [0.2, 0.25) is 0 Å². The topological polar surface area (TPSA) is 83.8 Å². The van der Waals surface area contributed by atoms with Crippen LogP contribution >= 0.6 is 0 Å². The number of phenolic OH excluding ortho intramolecular Hbond substituents is 1. The van der Waals surface area contributed by atoms with Crippen LogP contribution in [0.2, 0.25) is 0 Å². The lowest BCUT2D eigenvalue weighted by molar-refractivity contribution is 0.447. The number of phenols is 1. The Bertz CT molecular complexity index is 784. The molecular formula is C18H22O5S. The van der Waals surface area contributed by atoms with Crippen molar-refractivity contribution in [3.8, 4) is 17.2 Å². The van der Waals surface area contributed by atoms with Crippen molar-refractivity contribution in [2.75, 3.05) is 0 Å². The van der Waals surface area contributed by atoms with Gasteiger partial charge >= 0.3 is 0 Å². The first-order valence-corrected chi connectivity index (χ1v) is 9.42. The van der Waals surface area contributed by atoms with Gasteiger partial charge in [-0.1, -0.05) is 38.3 Å². The number of benzene rings is 2. The maximum absolute atomic E-state index is 11.7. The number of hydrogen-bond donors (Lipinski definition) is 2. The first-order chi connectivity index (χ1) is 11.4. The Morgan fingerprint density at radius 1 is 1.04 bits per heavy atom. The van der Waals surface area contributed by atoms with Crippen LogP contribution in [0.1, 0.15) is 38.2 Å². The number of hydrogen-bond acceptors (Lipinski definition) is 4. The van der Waals surface area contributed by atoms with Crippen LogP contribution in [0.4, 0.5) is 0 Å². The Kier molecular flexibility index (Phi) is 6.23. The van der Waals surface area contributed by atoms with Crippen molar-refractivity contribution in [2.24, 2.45) is 0 Å². The minimum Gasteiger partial charge on any atom is -0.508 e. The monoisotopic (exact) mass is 350 g/mol. The molecule has 2 N–H and O–H groups in total. The predicted octanol–water partition coefficient (Wildman–Crippen LogP) is 4.55. The Hall–Kier alpha value is -2.05. The third-order valence-electron chi connectivity index (χ3n) is 3.69. The molecule has 0 aromatic heterocycles. The molecule has 2 aromatic carbocycles. The Morgan fingerprint density at radius 3 is 2.46 bits per heavy atom. The van der Waals surface area contributed by atoms with E-state index in [1.165, 1.54) is 24.3 Å². The molecule has 0 aliphatic heterocycles. The SMILES string of the molecule is CCCCCCc1c(Oc2cccc(O)c2)cccc1S(=O)(=O)O. The highest BCUT2D eigenvalue weighted by atomic mass is 32.2. The van der Waals surface area contributed by atoms with E-state index in [4.69, 9.17) is 4.74 Å². The van der Waals surface area contributed by atoms with E-state index in [2.05, 4.69) is 6.92 Å². The highest BCUT2D eigenvalue weighted by molar-refractivity contribution is 7.85. The molecule has 0 spiro atoms. The zero-order valence-electron chi connectivity index (χ0n) is 13.6. The summed E-state index contributed by atoms with van der Waals surface area (Å²) >= 11 is 0. The fraction of sp³-hybridized carbons (Fsp3) is 0.333. The highest BCUT2D eigenvalue weighted by Gasteiger charge is 2.19. The Labute approximate surface area is 142 Å². The van der Waals surface area contributed by atoms with Crippen molar-refractivity contribution in [2.45, 2.75) is 43.9 Å². The van der Waals surface area contributed by atoms with Gasteiger partial charge in [-0.15, -0.1) is 0 Å². The summed E-state index contributed by atoms with van der Waals surface area (Å²) in [6, 6.07) is 10.8. The Balaban J connectivity index is 2.35. The summed E-state index contributed by atoms with van der Waals surface area (Å²) in [6.45, 7) is 2.10. The largest absolute Gasteiger partial charge is 0.508 e. The van der Waals surface area contributed by atoms with Crippen molar-refractivity contribution in [3.63, 3.8) is 0 Å². The molecule has 0 amide bonds. The summed E-state index contributed by atoms with van der Waals surface area (Å²) in [5, 5.41) is 9.53. The normalized spacial score (nSPS) is 11.4. The standard InChI is InChI=1S/C18H22O5S/c1-2-3-4-5-10-16-17(11-7-12-18(16)24(20,21)22)23-15-9-6-8-14(19)13-15/h6-9,11-13,19H,2-5,10H2,1H3,(H,20,21,22). The molecule has 2 rings (SSSR count). The van der Waals surface area contributed by atoms with Crippen molar-refractivity contribution in [1.29, 1.82) is 0 Å². The predicted molar refractivity (Wildman–Crippen MR) is 92.3 cm³/mol. The summed E-state index contributed by atoms with van der Waals surface area (Å²) in [4.78, 5) is -0.128. The Morgan fingerprint density at radius 2 is 1.79 bits per heavy atom. The van der Waals surface area contributed by atoms with Crippen LogP contribution in [0.5, 0.6) is 17.2 Å². The zero-order chi connectivity index (χ0) is 17.6. The van der Waals surface area contributed by atoms with E-state index in [9.17, 15) is 18.1 Å². The van der Waals surface area contributed by atoms with Crippen LogP contribution < -0.4 is 4.74 Å². The second-order valence-corrected chi connectivity index (χ2v) is 7.01. The molecule has 0 saturated carbocycles. The van der Waals surface area contributed by atoms with Crippen molar-refractivity contribution >= 4 is 10.1 Å². The minimum atomic E-state index is -4.33. The number of aromatic hydroxyl groups is 1. The van der Waals surface area contributed by atoms with Crippen LogP contribution in [0.15, 0.2) is 47.4 Å². The first kappa shape index (κ1) is 18.3. The van der Waals surface area contributed by atoms with Crippen LogP contribution in [0.25, 0.3) is 0 Å². The van der Waals surface area contributed by atoms with Crippen molar-refractivity contribution < 1.29 is 22.8 Å². The summed E-state index contributed by atoms with van der Waals surface area (Å²) in [7, 11) is -4.33. The van der Waals surface area contributed by atoms with E-state index < -0.39 is 10.1 Å². The molecule has 0 atom stereocenters. The van der Waals surface area contributed by atoms with Crippen LogP contribution in [-0.4, -0.2) is 18.1 Å². The van der Waals surface area contributed by atoms with Gasteiger partial charge in [0, 0.05) is 11.6 Å². The molecule has 6 heteroatoms. The quantitative estimate of drug-likeness (QED) is 0.539. The molecule has 0 heterocycles. The summed E-state index contributed by atoms with van der Waals surface area (Å²) in [5.74, 6) is 0.826. The zero-order valence-corrected chi connectivity index (χ0v) is 14.4.